The summed E-state index contributed by atoms with van der Waals surface area (Å²) < 4.78 is 6.79. The van der Waals surface area contributed by atoms with Crippen molar-refractivity contribution in [2.24, 2.45) is 5.92 Å². The van der Waals surface area contributed by atoms with Crippen molar-refractivity contribution in [3.05, 3.63) is 33.3 Å². The van der Waals surface area contributed by atoms with Gasteiger partial charge in [-0.15, -0.1) is 0 Å². The van der Waals surface area contributed by atoms with Crippen LogP contribution in [0.2, 0.25) is 28.2 Å². The molecule has 0 aliphatic carbocycles. The number of hydrogen-bond donors (Lipinski definition) is 1. The molecule has 0 aliphatic heterocycles. The van der Waals surface area contributed by atoms with E-state index >= 15 is 0 Å². The van der Waals surface area contributed by atoms with Gasteiger partial charge in [0.1, 0.15) is 0 Å². The van der Waals surface area contributed by atoms with E-state index in [1.165, 1.54) is 0 Å². The highest BCUT2D eigenvalue weighted by atomic mass is 35.5. The van der Waals surface area contributed by atoms with E-state index in [1.807, 2.05) is 19.1 Å². The number of rotatable bonds is 11. The molecule has 0 saturated heterocycles. The average Bonchev–Trinajstić information content (AvgIpc) is 2.55. The van der Waals surface area contributed by atoms with Crippen LogP contribution in [0.4, 0.5) is 0 Å². The van der Waals surface area contributed by atoms with Gasteiger partial charge in [0.05, 0.1) is 6.10 Å². The molecule has 0 radical (unpaired) electrons. The van der Waals surface area contributed by atoms with E-state index in [4.69, 9.17) is 27.6 Å². The lowest BCUT2D eigenvalue weighted by Gasteiger charge is -2.34. The molecule has 144 valence electrons. The Balaban J connectivity index is 3.06. The minimum atomic E-state index is -1.76. The van der Waals surface area contributed by atoms with Crippen LogP contribution in [0.3, 0.4) is 0 Å². The highest BCUT2D eigenvalue weighted by Gasteiger charge is 2.33. The summed E-state index contributed by atoms with van der Waals surface area (Å²) in [6, 6.07) is 7.32. The lowest BCUT2D eigenvalue weighted by Crippen LogP contribution is -2.40. The molecule has 2 nitrogen and oxygen atoms in total. The Hall–Kier alpha value is -0.0631. The number of halogens is 2. The monoisotopic (exact) mass is 403 g/mol. The molecule has 25 heavy (non-hydrogen) atoms. The van der Waals surface area contributed by atoms with Crippen molar-refractivity contribution in [3.63, 3.8) is 0 Å². The molecule has 0 aliphatic rings. The first-order valence-corrected chi connectivity index (χ1v) is 12.9. The summed E-state index contributed by atoms with van der Waals surface area (Å²) in [5, 5.41) is 4.99. The van der Waals surface area contributed by atoms with E-state index in [1.54, 1.807) is 0 Å². The van der Waals surface area contributed by atoms with Crippen LogP contribution in [0, 0.1) is 12.8 Å². The Morgan fingerprint density at radius 1 is 1.04 bits per heavy atom. The van der Waals surface area contributed by atoms with Gasteiger partial charge >= 0.3 is 0 Å². The van der Waals surface area contributed by atoms with Gasteiger partial charge in [-0.25, -0.2) is 0 Å². The number of nitrogens with one attached hydrogen (secondary N) is 1. The fourth-order valence-electron chi connectivity index (χ4n) is 3.15. The SMILES string of the molecule is CC[Si](CC)(CC)OC(CNCCC(C)C)c1c(Cl)cc(C)cc1Cl. The van der Waals surface area contributed by atoms with Crippen LogP contribution >= 0.6 is 23.2 Å². The largest absolute Gasteiger partial charge is 0.409 e. The molecule has 0 amide bonds. The molecule has 1 aromatic carbocycles. The number of hydrogen-bond acceptors (Lipinski definition) is 2. The van der Waals surface area contributed by atoms with Gasteiger partial charge in [-0.05, 0) is 61.6 Å². The smallest absolute Gasteiger partial charge is 0.192 e. The van der Waals surface area contributed by atoms with E-state index < -0.39 is 8.32 Å². The third-order valence-electron chi connectivity index (χ3n) is 5.10. The first-order chi connectivity index (χ1) is 11.8. The molecule has 1 unspecified atom stereocenters. The maximum Gasteiger partial charge on any atom is 0.192 e. The summed E-state index contributed by atoms with van der Waals surface area (Å²) in [5.41, 5.74) is 2.02. The van der Waals surface area contributed by atoms with E-state index in [9.17, 15) is 0 Å². The zero-order valence-corrected chi connectivity index (χ0v) is 19.2. The Kier molecular flexibility index (Phi) is 10.0. The van der Waals surface area contributed by atoms with Crippen molar-refractivity contribution < 1.29 is 4.43 Å². The summed E-state index contributed by atoms with van der Waals surface area (Å²) in [7, 11) is -1.76. The molecule has 0 bridgehead atoms. The van der Waals surface area contributed by atoms with Crippen LogP contribution in [0.25, 0.3) is 0 Å². The van der Waals surface area contributed by atoms with Gasteiger partial charge in [-0.3, -0.25) is 0 Å². The van der Waals surface area contributed by atoms with Crippen LogP contribution in [0.5, 0.6) is 0 Å². The first kappa shape index (κ1) is 23.0. The molecular weight excluding hydrogens is 369 g/mol. The van der Waals surface area contributed by atoms with Crippen molar-refractivity contribution >= 4 is 31.5 Å². The molecule has 0 saturated carbocycles. The Labute approximate surface area is 165 Å². The summed E-state index contributed by atoms with van der Waals surface area (Å²) in [5.74, 6) is 0.689. The topological polar surface area (TPSA) is 21.3 Å². The normalized spacial score (nSPS) is 13.5. The standard InChI is InChI=1S/C20H35Cl2NOSi/c1-7-25(8-2,9-3)24-19(14-23-11-10-15(4)5)20-17(21)12-16(6)13-18(20)22/h12-13,15,19,23H,7-11,14H2,1-6H3. The van der Waals surface area contributed by atoms with Crippen molar-refractivity contribution in [1.29, 1.82) is 0 Å². The zero-order chi connectivity index (χ0) is 19.0. The fourth-order valence-corrected chi connectivity index (χ4v) is 6.79. The highest BCUT2D eigenvalue weighted by Crippen LogP contribution is 2.37. The van der Waals surface area contributed by atoms with E-state index in [-0.39, 0.29) is 6.10 Å². The second-order valence-electron chi connectivity index (χ2n) is 7.38. The van der Waals surface area contributed by atoms with Crippen LogP contribution < -0.4 is 5.32 Å². The van der Waals surface area contributed by atoms with Crippen molar-refractivity contribution in [2.45, 2.75) is 72.2 Å². The molecule has 1 aromatic rings. The van der Waals surface area contributed by atoms with Gasteiger partial charge in [0.2, 0.25) is 0 Å². The minimum Gasteiger partial charge on any atom is -0.409 e. The van der Waals surface area contributed by atoms with Crippen molar-refractivity contribution in [1.82, 2.24) is 5.32 Å². The summed E-state index contributed by atoms with van der Waals surface area (Å²) in [6.45, 7) is 15.0. The van der Waals surface area contributed by atoms with Gasteiger partial charge in [0, 0.05) is 22.2 Å². The molecule has 0 spiro atoms. The van der Waals surface area contributed by atoms with Gasteiger partial charge in [0.15, 0.2) is 8.32 Å². The van der Waals surface area contributed by atoms with Crippen LogP contribution in [-0.2, 0) is 4.43 Å². The Morgan fingerprint density at radius 2 is 1.56 bits per heavy atom. The predicted octanol–water partition coefficient (Wildman–Crippen LogP) is 7.00. The van der Waals surface area contributed by atoms with Gasteiger partial charge < -0.3 is 9.74 Å². The molecule has 1 N–H and O–H groups in total. The molecule has 1 atom stereocenters. The van der Waals surface area contributed by atoms with Crippen molar-refractivity contribution in [3.8, 4) is 0 Å². The fraction of sp³-hybridized carbons (Fsp3) is 0.700. The summed E-state index contributed by atoms with van der Waals surface area (Å²) in [4.78, 5) is 0. The number of benzene rings is 1. The molecule has 0 heterocycles. The summed E-state index contributed by atoms with van der Waals surface area (Å²) in [6.07, 6.45) is 1.07. The third-order valence-corrected chi connectivity index (χ3v) is 10.4. The Morgan fingerprint density at radius 3 is 2.00 bits per heavy atom. The molecule has 5 heteroatoms. The van der Waals surface area contributed by atoms with Gasteiger partial charge in [-0.1, -0.05) is 57.8 Å². The molecular formula is C20H35Cl2NOSi. The second-order valence-corrected chi connectivity index (χ2v) is 12.9. The van der Waals surface area contributed by atoms with Crippen LogP contribution in [0.1, 0.15) is 58.3 Å². The molecule has 0 fully saturated rings. The maximum absolute atomic E-state index is 6.79. The molecule has 1 rings (SSSR count). The average molecular weight is 404 g/mol. The summed E-state index contributed by atoms with van der Waals surface area (Å²) >= 11 is 13.1. The van der Waals surface area contributed by atoms with Gasteiger partial charge in [-0.2, -0.15) is 0 Å². The lowest BCUT2D eigenvalue weighted by molar-refractivity contribution is 0.186. The van der Waals surface area contributed by atoms with E-state index in [0.717, 1.165) is 48.8 Å². The van der Waals surface area contributed by atoms with Crippen molar-refractivity contribution in [2.75, 3.05) is 13.1 Å². The highest BCUT2D eigenvalue weighted by molar-refractivity contribution is 6.73. The van der Waals surface area contributed by atoms with E-state index in [0.29, 0.717) is 16.0 Å². The number of aryl methyl sites for hydroxylation is 1. The van der Waals surface area contributed by atoms with E-state index in [2.05, 4.69) is 39.9 Å². The van der Waals surface area contributed by atoms with Crippen LogP contribution in [0.15, 0.2) is 12.1 Å². The minimum absolute atomic E-state index is 0.0840. The molecule has 0 aromatic heterocycles. The maximum atomic E-state index is 6.79. The predicted molar refractivity (Wildman–Crippen MR) is 115 cm³/mol. The zero-order valence-electron chi connectivity index (χ0n) is 16.7. The Bertz CT molecular complexity index is 501. The van der Waals surface area contributed by atoms with Gasteiger partial charge in [0.25, 0.3) is 0 Å². The lowest BCUT2D eigenvalue weighted by atomic mass is 10.1. The van der Waals surface area contributed by atoms with Crippen LogP contribution in [-0.4, -0.2) is 21.4 Å². The first-order valence-electron chi connectivity index (χ1n) is 9.62. The third kappa shape index (κ3) is 6.87. The second kappa shape index (κ2) is 10.9. The quantitative estimate of drug-likeness (QED) is 0.317.